The third-order valence-electron chi connectivity index (χ3n) is 0.577. The average Bonchev–Trinajstić information content (AvgIpc) is 1.88. The SMILES string of the molecule is O=[N+]([O-])O.OCCNCCO. The molecule has 0 spiro atoms. The first-order valence-corrected chi connectivity index (χ1v) is 2.90. The summed E-state index contributed by atoms with van der Waals surface area (Å²) in [5, 5.41) is 32.7. The second-order valence-electron chi connectivity index (χ2n) is 1.44. The number of nitrogens with one attached hydrogen (secondary N) is 1. The molecule has 7 heteroatoms. The highest BCUT2D eigenvalue weighted by Crippen LogP contribution is 1.54. The van der Waals surface area contributed by atoms with Gasteiger partial charge in [0.05, 0.1) is 13.2 Å². The van der Waals surface area contributed by atoms with Gasteiger partial charge in [0, 0.05) is 13.1 Å². The van der Waals surface area contributed by atoms with E-state index in [0.717, 1.165) is 0 Å². The van der Waals surface area contributed by atoms with Crippen molar-refractivity contribution in [2.75, 3.05) is 26.3 Å². The maximum absolute atomic E-state index is 8.36. The second kappa shape index (κ2) is 11.8. The van der Waals surface area contributed by atoms with Gasteiger partial charge in [-0.15, -0.1) is 10.1 Å². The minimum absolute atomic E-state index is 0.139. The quantitative estimate of drug-likeness (QED) is 0.224. The minimum atomic E-state index is -1.50. The number of hydrogen-bond acceptors (Lipinski definition) is 5. The first kappa shape index (κ1) is 12.7. The Hall–Kier alpha value is -0.920. The highest BCUT2D eigenvalue weighted by atomic mass is 16.9. The zero-order chi connectivity index (χ0) is 9.11. The van der Waals surface area contributed by atoms with Crippen LogP contribution in [0.15, 0.2) is 0 Å². The van der Waals surface area contributed by atoms with E-state index >= 15 is 0 Å². The highest BCUT2D eigenvalue weighted by Gasteiger charge is 1.78. The second-order valence-corrected chi connectivity index (χ2v) is 1.44. The van der Waals surface area contributed by atoms with Gasteiger partial charge < -0.3 is 20.7 Å². The van der Waals surface area contributed by atoms with Crippen molar-refractivity contribution >= 4 is 0 Å². The van der Waals surface area contributed by atoms with Gasteiger partial charge in [0.15, 0.2) is 0 Å². The van der Waals surface area contributed by atoms with Crippen LogP contribution >= 0.6 is 0 Å². The monoisotopic (exact) mass is 168 g/mol. The van der Waals surface area contributed by atoms with Crippen molar-refractivity contribution in [2.24, 2.45) is 0 Å². The van der Waals surface area contributed by atoms with Crippen LogP contribution in [0, 0.1) is 10.1 Å². The first-order chi connectivity index (χ1) is 5.15. The number of hydrogen-bond donors (Lipinski definition) is 4. The van der Waals surface area contributed by atoms with E-state index in [4.69, 9.17) is 25.5 Å². The van der Waals surface area contributed by atoms with Gasteiger partial charge in [-0.25, -0.2) is 0 Å². The van der Waals surface area contributed by atoms with E-state index < -0.39 is 5.09 Å². The topological polar surface area (TPSA) is 116 Å². The molecule has 0 aromatic carbocycles. The predicted molar refractivity (Wildman–Crippen MR) is 35.8 cm³/mol. The molecule has 0 radical (unpaired) electrons. The Balaban J connectivity index is 0. The summed E-state index contributed by atoms with van der Waals surface area (Å²) in [5.41, 5.74) is 0. The Bertz CT molecular complexity index is 80.6. The Labute approximate surface area is 63.4 Å². The van der Waals surface area contributed by atoms with Crippen molar-refractivity contribution in [1.82, 2.24) is 5.32 Å². The van der Waals surface area contributed by atoms with Crippen LogP contribution in [0.4, 0.5) is 0 Å². The molecule has 0 aromatic heterocycles. The average molecular weight is 168 g/mol. The summed E-state index contributed by atoms with van der Waals surface area (Å²) >= 11 is 0. The lowest BCUT2D eigenvalue weighted by atomic mass is 10.6. The van der Waals surface area contributed by atoms with Crippen LogP contribution in [0.25, 0.3) is 0 Å². The smallest absolute Gasteiger partial charge is 0.291 e. The van der Waals surface area contributed by atoms with E-state index in [9.17, 15) is 0 Å². The van der Waals surface area contributed by atoms with Gasteiger partial charge in [0.1, 0.15) is 0 Å². The maximum atomic E-state index is 8.36. The normalized spacial score (nSPS) is 8.18. The third kappa shape index (κ3) is 48.0. The molecule has 0 atom stereocenters. The lowest BCUT2D eigenvalue weighted by Crippen LogP contribution is -2.21. The Kier molecular flexibility index (Phi) is 13.7. The molecule has 11 heavy (non-hydrogen) atoms. The van der Waals surface area contributed by atoms with Gasteiger partial charge in [-0.1, -0.05) is 0 Å². The van der Waals surface area contributed by atoms with E-state index in [1.165, 1.54) is 0 Å². The molecule has 0 rings (SSSR count). The highest BCUT2D eigenvalue weighted by molar-refractivity contribution is 4.39. The molecule has 0 saturated heterocycles. The molecule has 0 unspecified atom stereocenters. The fraction of sp³-hybridized carbons (Fsp3) is 1.00. The Morgan fingerprint density at radius 2 is 1.55 bits per heavy atom. The van der Waals surface area contributed by atoms with Crippen molar-refractivity contribution in [2.45, 2.75) is 0 Å². The number of aliphatic hydroxyl groups is 2. The lowest BCUT2D eigenvalue weighted by molar-refractivity contribution is -0.742. The molecule has 0 aliphatic rings. The van der Waals surface area contributed by atoms with Crippen LogP contribution in [0.3, 0.4) is 0 Å². The van der Waals surface area contributed by atoms with Crippen LogP contribution in [0.5, 0.6) is 0 Å². The van der Waals surface area contributed by atoms with Crippen LogP contribution in [-0.2, 0) is 0 Å². The van der Waals surface area contributed by atoms with Crippen LogP contribution < -0.4 is 5.32 Å². The molecule has 7 nitrogen and oxygen atoms in total. The number of aliphatic hydroxyl groups excluding tert-OH is 2. The molecule has 0 bridgehead atoms. The summed E-state index contributed by atoms with van der Waals surface area (Å²) in [6.45, 7) is 1.42. The van der Waals surface area contributed by atoms with Crippen molar-refractivity contribution < 1.29 is 20.5 Å². The molecular weight excluding hydrogens is 156 g/mol. The standard InChI is InChI=1S/C4H11NO2.HNO3/c6-3-1-5-2-4-7;2-1(3)4/h5-7H,1-4H2;(H,2,3,4). The summed E-state index contributed by atoms with van der Waals surface area (Å²) in [4.78, 5) is 8.36. The molecule has 0 aliphatic heterocycles. The molecule has 0 saturated carbocycles. The molecule has 68 valence electrons. The molecule has 0 amide bonds. The van der Waals surface area contributed by atoms with E-state index in [2.05, 4.69) is 5.32 Å². The largest absolute Gasteiger partial charge is 0.395 e. The van der Waals surface area contributed by atoms with Gasteiger partial charge in [0.25, 0.3) is 5.09 Å². The Morgan fingerprint density at radius 1 is 1.27 bits per heavy atom. The van der Waals surface area contributed by atoms with E-state index in [1.54, 1.807) is 0 Å². The van der Waals surface area contributed by atoms with Gasteiger partial charge in [0.2, 0.25) is 0 Å². The van der Waals surface area contributed by atoms with E-state index in [0.29, 0.717) is 13.1 Å². The zero-order valence-electron chi connectivity index (χ0n) is 5.93. The molecule has 0 aromatic rings. The van der Waals surface area contributed by atoms with Crippen LogP contribution in [0.1, 0.15) is 0 Å². The summed E-state index contributed by atoms with van der Waals surface area (Å²) in [6, 6.07) is 0. The fourth-order valence-electron chi connectivity index (χ4n) is 0.283. The minimum Gasteiger partial charge on any atom is -0.395 e. The van der Waals surface area contributed by atoms with Crippen LogP contribution in [0.2, 0.25) is 0 Å². The summed E-state index contributed by atoms with van der Waals surface area (Å²) < 4.78 is 0. The van der Waals surface area contributed by atoms with Gasteiger partial charge in [-0.2, -0.15) is 0 Å². The van der Waals surface area contributed by atoms with Crippen molar-refractivity contribution in [1.29, 1.82) is 0 Å². The summed E-state index contributed by atoms with van der Waals surface area (Å²) in [7, 11) is 0. The lowest BCUT2D eigenvalue weighted by Gasteiger charge is -1.94. The van der Waals surface area contributed by atoms with E-state index in [1.807, 2.05) is 0 Å². The van der Waals surface area contributed by atoms with E-state index in [-0.39, 0.29) is 13.2 Å². The molecule has 0 heterocycles. The zero-order valence-corrected chi connectivity index (χ0v) is 5.93. The van der Waals surface area contributed by atoms with Gasteiger partial charge in [-0.05, 0) is 0 Å². The molecule has 0 fully saturated rings. The fourth-order valence-corrected chi connectivity index (χ4v) is 0.283. The molecule has 0 aliphatic carbocycles. The molecule has 4 N–H and O–H groups in total. The molecular formula is C4H12N2O5. The summed E-state index contributed by atoms with van der Waals surface area (Å²) in [6.07, 6.45) is 0. The van der Waals surface area contributed by atoms with Crippen LogP contribution in [-0.4, -0.2) is 46.8 Å². The van der Waals surface area contributed by atoms with Crippen molar-refractivity contribution in [3.63, 3.8) is 0 Å². The summed E-state index contributed by atoms with van der Waals surface area (Å²) in [5.74, 6) is 0. The Morgan fingerprint density at radius 3 is 1.73 bits per heavy atom. The van der Waals surface area contributed by atoms with Crippen molar-refractivity contribution in [3.8, 4) is 0 Å². The third-order valence-corrected chi connectivity index (χ3v) is 0.577. The van der Waals surface area contributed by atoms with Gasteiger partial charge >= 0.3 is 0 Å². The number of rotatable bonds is 4. The number of nitrogens with zero attached hydrogens (tertiary/aromatic N) is 1. The first-order valence-electron chi connectivity index (χ1n) is 2.90. The maximum Gasteiger partial charge on any atom is 0.291 e. The van der Waals surface area contributed by atoms with Gasteiger partial charge in [-0.3, -0.25) is 0 Å². The van der Waals surface area contributed by atoms with Crippen molar-refractivity contribution in [3.05, 3.63) is 10.1 Å². The predicted octanol–water partition coefficient (Wildman–Crippen LogP) is -1.79.